The zero-order valence-corrected chi connectivity index (χ0v) is 10.3. The minimum Gasteiger partial charge on any atom is -0.366 e. The number of fused-ring (bicyclic) bond motifs is 4. The highest BCUT2D eigenvalue weighted by Crippen LogP contribution is 2.40. The van der Waals surface area contributed by atoms with E-state index in [9.17, 15) is 0 Å². The average molecular weight is 253 g/mol. The molecule has 0 unspecified atom stereocenters. The van der Waals surface area contributed by atoms with Crippen LogP contribution in [0.25, 0.3) is 0 Å². The Bertz CT molecular complexity index is 475. The highest BCUT2D eigenvalue weighted by atomic mass is 16.8. The third-order valence-electron chi connectivity index (χ3n) is 3.56. The van der Waals surface area contributed by atoms with E-state index in [1.54, 1.807) is 6.20 Å². The fraction of sp³-hybridized carbons (Fsp3) is 0.818. The van der Waals surface area contributed by atoms with Gasteiger partial charge in [-0.2, -0.15) is 0 Å². The molecule has 0 radical (unpaired) electrons. The molecule has 1 aromatic heterocycles. The molecule has 7 heteroatoms. The lowest BCUT2D eigenvalue weighted by molar-refractivity contribution is -0.219. The van der Waals surface area contributed by atoms with Gasteiger partial charge in [0, 0.05) is 0 Å². The van der Waals surface area contributed by atoms with E-state index >= 15 is 0 Å². The van der Waals surface area contributed by atoms with Gasteiger partial charge in [-0.15, -0.1) is 5.10 Å². The molecule has 3 aliphatic rings. The highest BCUT2D eigenvalue weighted by Gasteiger charge is 2.56. The quantitative estimate of drug-likeness (QED) is 0.651. The molecule has 4 atom stereocenters. The SMILES string of the molecule is CC1(C)O[C@@H]2O[C@H]3Cn4nncc4CO[C@H]3[C@@H]2O1. The van der Waals surface area contributed by atoms with Crippen LogP contribution in [0.5, 0.6) is 0 Å². The van der Waals surface area contributed by atoms with Gasteiger partial charge < -0.3 is 18.9 Å². The number of hydrogen-bond acceptors (Lipinski definition) is 6. The van der Waals surface area contributed by atoms with E-state index in [1.165, 1.54) is 0 Å². The first-order valence-corrected chi connectivity index (χ1v) is 6.12. The summed E-state index contributed by atoms with van der Waals surface area (Å²) in [5.41, 5.74) is 0.961. The molecule has 0 amide bonds. The standard InChI is InChI=1S/C11H15N3O4/c1-11(2)17-9-8-7(16-10(9)18-11)4-14-6(5-15-8)3-12-13-14/h3,7-10H,4-5H2,1-2H3/t7-,8+,9-,10-/m0/s1. The Morgan fingerprint density at radius 3 is 3.11 bits per heavy atom. The summed E-state index contributed by atoms with van der Waals surface area (Å²) in [7, 11) is 0. The van der Waals surface area contributed by atoms with E-state index in [0.29, 0.717) is 13.2 Å². The molecule has 3 aliphatic heterocycles. The van der Waals surface area contributed by atoms with Gasteiger partial charge in [0.05, 0.1) is 25.0 Å². The molecular formula is C11H15N3O4. The number of aromatic nitrogens is 3. The molecule has 0 aromatic carbocycles. The van der Waals surface area contributed by atoms with Gasteiger partial charge >= 0.3 is 0 Å². The Morgan fingerprint density at radius 1 is 1.33 bits per heavy atom. The molecule has 0 saturated carbocycles. The summed E-state index contributed by atoms with van der Waals surface area (Å²) in [5, 5.41) is 7.89. The lowest BCUT2D eigenvalue weighted by atomic mass is 10.1. The van der Waals surface area contributed by atoms with Crippen LogP contribution in [0.1, 0.15) is 19.5 Å². The van der Waals surface area contributed by atoms with Crippen LogP contribution >= 0.6 is 0 Å². The van der Waals surface area contributed by atoms with Crippen LogP contribution in [0.3, 0.4) is 0 Å². The van der Waals surface area contributed by atoms with E-state index < -0.39 is 5.79 Å². The first-order valence-electron chi connectivity index (χ1n) is 6.12. The topological polar surface area (TPSA) is 67.6 Å². The maximum atomic E-state index is 5.89. The molecule has 0 bridgehead atoms. The Labute approximate surface area is 104 Å². The van der Waals surface area contributed by atoms with Crippen LogP contribution in [-0.4, -0.2) is 45.4 Å². The molecule has 2 saturated heterocycles. The Kier molecular flexibility index (Phi) is 2.12. The molecule has 2 fully saturated rings. The predicted octanol–water partition coefficient (Wildman–Crippen LogP) is 0.0533. The molecule has 7 nitrogen and oxygen atoms in total. The molecule has 4 rings (SSSR count). The maximum absolute atomic E-state index is 5.89. The van der Waals surface area contributed by atoms with Crippen molar-refractivity contribution in [2.45, 2.75) is 57.4 Å². The Hall–Kier alpha value is -1.02. The minimum absolute atomic E-state index is 0.0981. The summed E-state index contributed by atoms with van der Waals surface area (Å²) < 4.78 is 25.1. The van der Waals surface area contributed by atoms with Crippen molar-refractivity contribution in [2.75, 3.05) is 0 Å². The first kappa shape index (κ1) is 10.9. The second-order valence-electron chi connectivity index (χ2n) is 5.33. The van der Waals surface area contributed by atoms with Gasteiger partial charge in [-0.3, -0.25) is 0 Å². The molecule has 4 heterocycles. The van der Waals surface area contributed by atoms with E-state index in [-0.39, 0.29) is 24.6 Å². The Morgan fingerprint density at radius 2 is 2.22 bits per heavy atom. The van der Waals surface area contributed by atoms with Crippen LogP contribution in [0.4, 0.5) is 0 Å². The van der Waals surface area contributed by atoms with Crippen molar-refractivity contribution in [1.29, 1.82) is 0 Å². The van der Waals surface area contributed by atoms with Gasteiger partial charge in [0.1, 0.15) is 18.3 Å². The third kappa shape index (κ3) is 1.51. The smallest absolute Gasteiger partial charge is 0.190 e. The molecule has 0 N–H and O–H groups in total. The fourth-order valence-corrected chi connectivity index (χ4v) is 2.79. The predicted molar refractivity (Wildman–Crippen MR) is 57.3 cm³/mol. The van der Waals surface area contributed by atoms with E-state index in [2.05, 4.69) is 10.3 Å². The second-order valence-corrected chi connectivity index (χ2v) is 5.33. The largest absolute Gasteiger partial charge is 0.366 e. The maximum Gasteiger partial charge on any atom is 0.190 e. The summed E-state index contributed by atoms with van der Waals surface area (Å²) in [4.78, 5) is 0. The Balaban J connectivity index is 1.60. The lowest BCUT2D eigenvalue weighted by Crippen LogP contribution is -2.37. The van der Waals surface area contributed by atoms with Crippen molar-refractivity contribution in [2.24, 2.45) is 0 Å². The lowest BCUT2D eigenvalue weighted by Gasteiger charge is -2.23. The molecule has 18 heavy (non-hydrogen) atoms. The van der Waals surface area contributed by atoms with Gasteiger partial charge in [-0.25, -0.2) is 4.68 Å². The molecule has 1 aromatic rings. The van der Waals surface area contributed by atoms with Crippen molar-refractivity contribution >= 4 is 0 Å². The number of hydrogen-bond donors (Lipinski definition) is 0. The van der Waals surface area contributed by atoms with E-state index in [0.717, 1.165) is 5.69 Å². The first-order chi connectivity index (χ1) is 8.62. The van der Waals surface area contributed by atoms with Crippen LogP contribution in [-0.2, 0) is 32.1 Å². The summed E-state index contributed by atoms with van der Waals surface area (Å²) in [6.07, 6.45) is 0.995. The van der Waals surface area contributed by atoms with Gasteiger partial charge in [0.2, 0.25) is 0 Å². The summed E-state index contributed by atoms with van der Waals surface area (Å²) in [5.74, 6) is -0.606. The molecule has 0 aliphatic carbocycles. The zero-order chi connectivity index (χ0) is 12.3. The number of rotatable bonds is 0. The van der Waals surface area contributed by atoms with Crippen molar-refractivity contribution in [3.8, 4) is 0 Å². The highest BCUT2D eigenvalue weighted by molar-refractivity contribution is 5.00. The second kappa shape index (κ2) is 3.51. The van der Waals surface area contributed by atoms with Crippen LogP contribution < -0.4 is 0 Å². The van der Waals surface area contributed by atoms with Gasteiger partial charge in [0.25, 0.3) is 0 Å². The van der Waals surface area contributed by atoms with Crippen LogP contribution in [0.2, 0.25) is 0 Å². The summed E-state index contributed by atoms with van der Waals surface area (Å²) in [6, 6.07) is 0. The zero-order valence-electron chi connectivity index (χ0n) is 10.3. The van der Waals surface area contributed by atoms with E-state index in [4.69, 9.17) is 18.9 Å². The normalized spacial score (nSPS) is 41.0. The van der Waals surface area contributed by atoms with Crippen molar-refractivity contribution in [3.63, 3.8) is 0 Å². The van der Waals surface area contributed by atoms with Gasteiger partial charge in [0.15, 0.2) is 12.1 Å². The fourth-order valence-electron chi connectivity index (χ4n) is 2.79. The summed E-state index contributed by atoms with van der Waals surface area (Å²) >= 11 is 0. The summed E-state index contributed by atoms with van der Waals surface area (Å²) in [6.45, 7) is 4.87. The number of nitrogens with zero attached hydrogens (tertiary/aromatic N) is 3. The van der Waals surface area contributed by atoms with Crippen LogP contribution in [0.15, 0.2) is 6.20 Å². The minimum atomic E-state index is -0.606. The van der Waals surface area contributed by atoms with Crippen molar-refractivity contribution < 1.29 is 18.9 Å². The molecular weight excluding hydrogens is 238 g/mol. The molecule has 0 spiro atoms. The van der Waals surface area contributed by atoms with Crippen molar-refractivity contribution in [3.05, 3.63) is 11.9 Å². The monoisotopic (exact) mass is 253 g/mol. The average Bonchev–Trinajstić information content (AvgIpc) is 2.88. The molecule has 98 valence electrons. The third-order valence-corrected chi connectivity index (χ3v) is 3.56. The van der Waals surface area contributed by atoms with Crippen LogP contribution in [0, 0.1) is 0 Å². The van der Waals surface area contributed by atoms with Crippen molar-refractivity contribution in [1.82, 2.24) is 15.0 Å². The van der Waals surface area contributed by atoms with Gasteiger partial charge in [-0.05, 0) is 13.8 Å². The van der Waals surface area contributed by atoms with Gasteiger partial charge in [-0.1, -0.05) is 5.21 Å². The number of ether oxygens (including phenoxy) is 4. The van der Waals surface area contributed by atoms with E-state index in [1.807, 2.05) is 18.5 Å².